The number of aryl methyl sites for hydroxylation is 1. The number of nitrogens with two attached hydrogens (primary N) is 1. The molecule has 1 atom stereocenters. The van der Waals surface area contributed by atoms with Crippen LogP contribution in [-0.4, -0.2) is 15.6 Å². The molecule has 0 fully saturated rings. The van der Waals surface area contributed by atoms with E-state index in [1.54, 1.807) is 0 Å². The summed E-state index contributed by atoms with van der Waals surface area (Å²) in [4.78, 5) is 4.44. The van der Waals surface area contributed by atoms with Crippen LogP contribution in [0.3, 0.4) is 0 Å². The summed E-state index contributed by atoms with van der Waals surface area (Å²) in [5.41, 5.74) is 8.42. The van der Waals surface area contributed by atoms with E-state index in [2.05, 4.69) is 46.9 Å². The third-order valence-electron chi connectivity index (χ3n) is 3.21. The molecule has 0 aliphatic heterocycles. The summed E-state index contributed by atoms with van der Waals surface area (Å²) in [6, 6.07) is 8.93. The van der Waals surface area contributed by atoms with Crippen molar-refractivity contribution < 1.29 is 0 Å². The Morgan fingerprint density at radius 3 is 2.53 bits per heavy atom. The van der Waals surface area contributed by atoms with E-state index < -0.39 is 0 Å². The van der Waals surface area contributed by atoms with Gasteiger partial charge < -0.3 is 10.3 Å². The third-order valence-corrected chi connectivity index (χ3v) is 3.21. The molecule has 3 nitrogen and oxygen atoms in total. The monoisotopic (exact) mass is 257 g/mol. The first kappa shape index (κ1) is 13.8. The zero-order chi connectivity index (χ0) is 13.7. The van der Waals surface area contributed by atoms with Crippen molar-refractivity contribution in [1.82, 2.24) is 9.55 Å². The molecular weight excluding hydrogens is 234 g/mol. The van der Waals surface area contributed by atoms with Crippen LogP contribution in [0.5, 0.6) is 0 Å². The van der Waals surface area contributed by atoms with Gasteiger partial charge in [-0.1, -0.05) is 31.2 Å². The molecule has 19 heavy (non-hydrogen) atoms. The lowest BCUT2D eigenvalue weighted by atomic mass is 10.0. The fourth-order valence-corrected chi connectivity index (χ4v) is 2.30. The van der Waals surface area contributed by atoms with Gasteiger partial charge in [0.25, 0.3) is 0 Å². The standard InChI is InChI=1S/C16H23N3/c1-3-9-19-10-8-18-16(19)12-15-6-4-14(5-7-15)11-13(2)17/h4-8,10,13H,3,9,11-12,17H2,1-2H3. The van der Waals surface area contributed by atoms with Crippen LogP contribution in [0.15, 0.2) is 36.7 Å². The Hall–Kier alpha value is -1.61. The van der Waals surface area contributed by atoms with Gasteiger partial charge in [0.05, 0.1) is 0 Å². The Bertz CT molecular complexity index is 497. The Labute approximate surface area is 115 Å². The van der Waals surface area contributed by atoms with E-state index in [-0.39, 0.29) is 6.04 Å². The number of hydrogen-bond donors (Lipinski definition) is 1. The molecule has 0 bridgehead atoms. The minimum absolute atomic E-state index is 0.217. The maximum absolute atomic E-state index is 5.81. The molecule has 0 saturated heterocycles. The van der Waals surface area contributed by atoms with E-state index in [9.17, 15) is 0 Å². The predicted molar refractivity (Wildman–Crippen MR) is 79.1 cm³/mol. The van der Waals surface area contributed by atoms with Crippen LogP contribution in [0.4, 0.5) is 0 Å². The van der Waals surface area contributed by atoms with Crippen molar-refractivity contribution in [3.63, 3.8) is 0 Å². The first-order valence-corrected chi connectivity index (χ1v) is 7.02. The molecule has 2 aromatic rings. The maximum Gasteiger partial charge on any atom is 0.113 e. The number of benzene rings is 1. The molecule has 0 amide bonds. The minimum Gasteiger partial charge on any atom is -0.335 e. The Kier molecular flexibility index (Phi) is 4.74. The van der Waals surface area contributed by atoms with Crippen LogP contribution >= 0.6 is 0 Å². The SMILES string of the molecule is CCCn1ccnc1Cc1ccc(CC(C)N)cc1. The van der Waals surface area contributed by atoms with E-state index in [4.69, 9.17) is 5.73 Å². The fourth-order valence-electron chi connectivity index (χ4n) is 2.30. The van der Waals surface area contributed by atoms with Crippen molar-refractivity contribution in [2.75, 3.05) is 0 Å². The van der Waals surface area contributed by atoms with E-state index >= 15 is 0 Å². The smallest absolute Gasteiger partial charge is 0.113 e. The average molecular weight is 257 g/mol. The zero-order valence-corrected chi connectivity index (χ0v) is 11.8. The largest absolute Gasteiger partial charge is 0.335 e. The highest BCUT2D eigenvalue weighted by Crippen LogP contribution is 2.11. The summed E-state index contributed by atoms with van der Waals surface area (Å²) in [5, 5.41) is 0. The lowest BCUT2D eigenvalue weighted by Crippen LogP contribution is -2.17. The molecule has 2 rings (SSSR count). The first-order valence-electron chi connectivity index (χ1n) is 7.02. The van der Waals surface area contributed by atoms with Gasteiger partial charge in [-0.3, -0.25) is 0 Å². The normalized spacial score (nSPS) is 12.6. The van der Waals surface area contributed by atoms with Crippen molar-refractivity contribution in [1.29, 1.82) is 0 Å². The van der Waals surface area contributed by atoms with Crippen molar-refractivity contribution in [3.8, 4) is 0 Å². The lowest BCUT2D eigenvalue weighted by molar-refractivity contribution is 0.647. The Morgan fingerprint density at radius 1 is 1.21 bits per heavy atom. The molecule has 0 radical (unpaired) electrons. The highest BCUT2D eigenvalue weighted by molar-refractivity contribution is 5.25. The summed E-state index contributed by atoms with van der Waals surface area (Å²) in [7, 11) is 0. The summed E-state index contributed by atoms with van der Waals surface area (Å²) in [6.07, 6.45) is 6.91. The van der Waals surface area contributed by atoms with Gasteiger partial charge in [-0.25, -0.2) is 4.98 Å². The molecule has 3 heteroatoms. The average Bonchev–Trinajstić information content (AvgIpc) is 2.79. The molecule has 0 saturated carbocycles. The summed E-state index contributed by atoms with van der Waals surface area (Å²) >= 11 is 0. The highest BCUT2D eigenvalue weighted by atomic mass is 15.1. The Balaban J connectivity index is 2.04. The van der Waals surface area contributed by atoms with Gasteiger partial charge in [-0.2, -0.15) is 0 Å². The predicted octanol–water partition coefficient (Wildman–Crippen LogP) is 2.77. The number of imidazole rings is 1. The summed E-state index contributed by atoms with van der Waals surface area (Å²) < 4.78 is 2.23. The summed E-state index contributed by atoms with van der Waals surface area (Å²) in [5.74, 6) is 1.14. The van der Waals surface area contributed by atoms with Crippen molar-refractivity contribution in [2.45, 2.75) is 45.7 Å². The van der Waals surface area contributed by atoms with Gasteiger partial charge in [-0.05, 0) is 30.9 Å². The van der Waals surface area contributed by atoms with Gasteiger partial charge in [0.2, 0.25) is 0 Å². The van der Waals surface area contributed by atoms with Gasteiger partial charge in [0.15, 0.2) is 0 Å². The molecule has 1 heterocycles. The van der Waals surface area contributed by atoms with Crippen molar-refractivity contribution in [2.24, 2.45) is 5.73 Å². The second kappa shape index (κ2) is 6.53. The van der Waals surface area contributed by atoms with Gasteiger partial charge in [-0.15, -0.1) is 0 Å². The molecular formula is C16H23N3. The van der Waals surface area contributed by atoms with Crippen LogP contribution in [-0.2, 0) is 19.4 Å². The van der Waals surface area contributed by atoms with E-state index in [0.29, 0.717) is 0 Å². The minimum atomic E-state index is 0.217. The lowest BCUT2D eigenvalue weighted by Gasteiger charge is -2.08. The van der Waals surface area contributed by atoms with Gasteiger partial charge >= 0.3 is 0 Å². The van der Waals surface area contributed by atoms with Crippen LogP contribution in [0, 0.1) is 0 Å². The van der Waals surface area contributed by atoms with E-state index in [1.165, 1.54) is 11.1 Å². The Morgan fingerprint density at radius 2 is 1.89 bits per heavy atom. The molecule has 1 unspecified atom stereocenters. The molecule has 0 spiro atoms. The second-order valence-corrected chi connectivity index (χ2v) is 5.21. The van der Waals surface area contributed by atoms with E-state index in [1.807, 2.05) is 13.1 Å². The number of nitrogens with zero attached hydrogens (tertiary/aromatic N) is 2. The van der Waals surface area contributed by atoms with Crippen LogP contribution in [0.1, 0.15) is 37.2 Å². The molecule has 1 aromatic heterocycles. The van der Waals surface area contributed by atoms with Gasteiger partial charge in [0.1, 0.15) is 5.82 Å². The van der Waals surface area contributed by atoms with Crippen LogP contribution in [0.2, 0.25) is 0 Å². The number of hydrogen-bond acceptors (Lipinski definition) is 2. The third kappa shape index (κ3) is 3.93. The second-order valence-electron chi connectivity index (χ2n) is 5.21. The fraction of sp³-hybridized carbons (Fsp3) is 0.438. The topological polar surface area (TPSA) is 43.8 Å². The molecule has 2 N–H and O–H groups in total. The van der Waals surface area contributed by atoms with Crippen LogP contribution < -0.4 is 5.73 Å². The van der Waals surface area contributed by atoms with Crippen LogP contribution in [0.25, 0.3) is 0 Å². The summed E-state index contributed by atoms with van der Waals surface area (Å²) in [6.45, 7) is 5.26. The number of rotatable bonds is 6. The first-order chi connectivity index (χ1) is 9.19. The van der Waals surface area contributed by atoms with E-state index in [0.717, 1.165) is 31.6 Å². The molecule has 1 aromatic carbocycles. The maximum atomic E-state index is 5.81. The quantitative estimate of drug-likeness (QED) is 0.864. The molecule has 0 aliphatic carbocycles. The zero-order valence-electron chi connectivity index (χ0n) is 11.8. The molecule has 0 aliphatic rings. The van der Waals surface area contributed by atoms with Gasteiger partial charge in [0, 0.05) is 31.4 Å². The van der Waals surface area contributed by atoms with Crippen molar-refractivity contribution >= 4 is 0 Å². The number of aromatic nitrogens is 2. The molecule has 102 valence electrons. The highest BCUT2D eigenvalue weighted by Gasteiger charge is 2.04. The van der Waals surface area contributed by atoms with Crippen molar-refractivity contribution in [3.05, 3.63) is 53.6 Å².